The molecule has 1 aliphatic heterocycles. The molecule has 1 rings (SSSR count). The van der Waals surface area contributed by atoms with E-state index in [1.807, 2.05) is 0 Å². The van der Waals surface area contributed by atoms with Crippen LogP contribution in [0.2, 0.25) is 0 Å². The summed E-state index contributed by atoms with van der Waals surface area (Å²) in [6.45, 7) is 4.96. The van der Waals surface area contributed by atoms with E-state index < -0.39 is 0 Å². The van der Waals surface area contributed by atoms with Crippen molar-refractivity contribution >= 4 is 5.91 Å². The van der Waals surface area contributed by atoms with Crippen molar-refractivity contribution in [3.05, 3.63) is 0 Å². The highest BCUT2D eigenvalue weighted by molar-refractivity contribution is 5.78. The van der Waals surface area contributed by atoms with Gasteiger partial charge in [-0.2, -0.15) is 0 Å². The summed E-state index contributed by atoms with van der Waals surface area (Å²) in [5, 5.41) is 6.06. The van der Waals surface area contributed by atoms with Crippen LogP contribution in [0.1, 0.15) is 20.3 Å². The number of nitrogens with one attached hydrogen (secondary N) is 2. The lowest BCUT2D eigenvalue weighted by Gasteiger charge is -2.12. The van der Waals surface area contributed by atoms with Crippen LogP contribution in [0.25, 0.3) is 0 Å². The highest BCUT2D eigenvalue weighted by atomic mass is 16.1. The molecule has 1 fully saturated rings. The van der Waals surface area contributed by atoms with Crippen LogP contribution >= 0.6 is 0 Å². The molecule has 1 aliphatic rings. The molecule has 3 nitrogen and oxygen atoms in total. The highest BCUT2D eigenvalue weighted by Crippen LogP contribution is 1.99. The SMILES string of the molecule is CC(C)N[C@@H]1CNC(=O)C1. The lowest BCUT2D eigenvalue weighted by atomic mass is 10.2. The van der Waals surface area contributed by atoms with Crippen molar-refractivity contribution in [3.8, 4) is 0 Å². The Bertz CT molecular complexity index is 134. The minimum absolute atomic E-state index is 0.165. The number of hydrogen-bond donors (Lipinski definition) is 2. The molecule has 0 aromatic rings. The Hall–Kier alpha value is -0.570. The van der Waals surface area contributed by atoms with Gasteiger partial charge in [-0.3, -0.25) is 4.79 Å². The van der Waals surface area contributed by atoms with Crippen LogP contribution in [-0.4, -0.2) is 24.5 Å². The van der Waals surface area contributed by atoms with Gasteiger partial charge in [0.1, 0.15) is 0 Å². The minimum atomic E-state index is 0.165. The van der Waals surface area contributed by atoms with E-state index in [1.54, 1.807) is 0 Å². The molecule has 2 N–H and O–H groups in total. The molecule has 0 aliphatic carbocycles. The summed E-state index contributed by atoms with van der Waals surface area (Å²) in [6, 6.07) is 0.824. The second-order valence-electron chi connectivity index (χ2n) is 3.03. The monoisotopic (exact) mass is 142 g/mol. The molecule has 10 heavy (non-hydrogen) atoms. The van der Waals surface area contributed by atoms with Crippen LogP contribution < -0.4 is 10.6 Å². The summed E-state index contributed by atoms with van der Waals surface area (Å²) >= 11 is 0. The molecule has 1 atom stereocenters. The maximum atomic E-state index is 10.7. The Morgan fingerprint density at radius 1 is 1.70 bits per heavy atom. The van der Waals surface area contributed by atoms with Gasteiger partial charge in [-0.25, -0.2) is 0 Å². The number of rotatable bonds is 2. The van der Waals surface area contributed by atoms with Gasteiger partial charge in [-0.15, -0.1) is 0 Å². The van der Waals surface area contributed by atoms with Gasteiger partial charge in [0.25, 0.3) is 0 Å². The van der Waals surface area contributed by atoms with E-state index in [2.05, 4.69) is 24.5 Å². The zero-order chi connectivity index (χ0) is 7.56. The first-order valence-corrected chi connectivity index (χ1v) is 3.71. The van der Waals surface area contributed by atoms with Gasteiger partial charge in [0, 0.05) is 25.0 Å². The molecule has 0 unspecified atom stereocenters. The summed E-state index contributed by atoms with van der Waals surface area (Å²) in [5.41, 5.74) is 0. The molecule has 0 spiro atoms. The minimum Gasteiger partial charge on any atom is -0.354 e. The predicted molar refractivity (Wildman–Crippen MR) is 39.7 cm³/mol. The van der Waals surface area contributed by atoms with Crippen LogP contribution in [-0.2, 0) is 4.79 Å². The third-order valence-corrected chi connectivity index (χ3v) is 1.55. The van der Waals surface area contributed by atoms with Crippen molar-refractivity contribution in [1.29, 1.82) is 0 Å². The van der Waals surface area contributed by atoms with Crippen molar-refractivity contribution in [1.82, 2.24) is 10.6 Å². The maximum absolute atomic E-state index is 10.7. The predicted octanol–water partition coefficient (Wildman–Crippen LogP) is -0.127. The topological polar surface area (TPSA) is 41.1 Å². The van der Waals surface area contributed by atoms with E-state index >= 15 is 0 Å². The zero-order valence-corrected chi connectivity index (χ0v) is 6.48. The molecule has 1 saturated heterocycles. The average Bonchev–Trinajstić information content (AvgIpc) is 2.13. The summed E-state index contributed by atoms with van der Waals surface area (Å²) in [7, 11) is 0. The first kappa shape index (κ1) is 7.54. The summed E-state index contributed by atoms with van der Waals surface area (Å²) < 4.78 is 0. The molecule has 58 valence electrons. The number of carbonyl (C=O) groups is 1. The van der Waals surface area contributed by atoms with Gasteiger partial charge in [0.2, 0.25) is 5.91 Å². The van der Waals surface area contributed by atoms with Gasteiger partial charge in [-0.1, -0.05) is 13.8 Å². The molecule has 0 aromatic carbocycles. The Labute approximate surface area is 61.2 Å². The molecule has 0 aromatic heterocycles. The van der Waals surface area contributed by atoms with Crippen molar-refractivity contribution in [2.45, 2.75) is 32.4 Å². The van der Waals surface area contributed by atoms with Crippen LogP contribution in [0.4, 0.5) is 0 Å². The van der Waals surface area contributed by atoms with E-state index in [-0.39, 0.29) is 5.91 Å². The number of carbonyl (C=O) groups excluding carboxylic acids is 1. The fourth-order valence-electron chi connectivity index (χ4n) is 1.19. The Morgan fingerprint density at radius 2 is 2.40 bits per heavy atom. The molecular weight excluding hydrogens is 128 g/mol. The Morgan fingerprint density at radius 3 is 2.80 bits per heavy atom. The largest absolute Gasteiger partial charge is 0.354 e. The fraction of sp³-hybridized carbons (Fsp3) is 0.857. The van der Waals surface area contributed by atoms with E-state index in [0.717, 1.165) is 6.54 Å². The standard InChI is InChI=1S/C7H14N2O/c1-5(2)9-6-3-7(10)8-4-6/h5-6,9H,3-4H2,1-2H3,(H,8,10)/t6-/m0/s1. The van der Waals surface area contributed by atoms with Gasteiger partial charge in [0.15, 0.2) is 0 Å². The average molecular weight is 142 g/mol. The van der Waals surface area contributed by atoms with Gasteiger partial charge >= 0.3 is 0 Å². The van der Waals surface area contributed by atoms with Gasteiger partial charge in [-0.05, 0) is 0 Å². The summed E-state index contributed by atoms with van der Waals surface area (Å²) in [5.74, 6) is 0.165. The van der Waals surface area contributed by atoms with E-state index in [1.165, 1.54) is 0 Å². The second-order valence-corrected chi connectivity index (χ2v) is 3.03. The normalized spacial score (nSPS) is 25.5. The third-order valence-electron chi connectivity index (χ3n) is 1.55. The fourth-order valence-corrected chi connectivity index (χ4v) is 1.19. The van der Waals surface area contributed by atoms with Crippen LogP contribution in [0.15, 0.2) is 0 Å². The van der Waals surface area contributed by atoms with Crippen LogP contribution in [0.3, 0.4) is 0 Å². The van der Waals surface area contributed by atoms with Gasteiger partial charge < -0.3 is 10.6 Å². The van der Waals surface area contributed by atoms with Gasteiger partial charge in [0.05, 0.1) is 0 Å². The van der Waals surface area contributed by atoms with Crippen molar-refractivity contribution < 1.29 is 4.79 Å². The second kappa shape index (κ2) is 3.01. The van der Waals surface area contributed by atoms with Crippen LogP contribution in [0, 0.1) is 0 Å². The molecule has 0 bridgehead atoms. The van der Waals surface area contributed by atoms with Crippen molar-refractivity contribution in [2.24, 2.45) is 0 Å². The quantitative estimate of drug-likeness (QED) is 0.564. The molecule has 0 saturated carbocycles. The Kier molecular flexibility index (Phi) is 2.27. The molecule has 0 radical (unpaired) electrons. The first-order valence-electron chi connectivity index (χ1n) is 3.71. The van der Waals surface area contributed by atoms with Crippen LogP contribution in [0.5, 0.6) is 0 Å². The summed E-state index contributed by atoms with van der Waals surface area (Å²) in [4.78, 5) is 10.7. The lowest BCUT2D eigenvalue weighted by molar-refractivity contribution is -0.119. The van der Waals surface area contributed by atoms with Crippen molar-refractivity contribution in [2.75, 3.05) is 6.54 Å². The molecular formula is C7H14N2O. The number of hydrogen-bond acceptors (Lipinski definition) is 2. The first-order chi connectivity index (χ1) is 4.68. The Balaban J connectivity index is 2.24. The summed E-state index contributed by atoms with van der Waals surface area (Å²) in [6.07, 6.45) is 0.637. The smallest absolute Gasteiger partial charge is 0.221 e. The van der Waals surface area contributed by atoms with Crippen molar-refractivity contribution in [3.63, 3.8) is 0 Å². The maximum Gasteiger partial charge on any atom is 0.221 e. The zero-order valence-electron chi connectivity index (χ0n) is 6.48. The number of amides is 1. The third kappa shape index (κ3) is 1.99. The van der Waals surface area contributed by atoms with E-state index in [4.69, 9.17) is 0 Å². The highest BCUT2D eigenvalue weighted by Gasteiger charge is 2.20. The van der Waals surface area contributed by atoms with E-state index in [0.29, 0.717) is 18.5 Å². The molecule has 1 amide bonds. The lowest BCUT2D eigenvalue weighted by Crippen LogP contribution is -2.35. The molecule has 3 heteroatoms. The molecule has 1 heterocycles. The van der Waals surface area contributed by atoms with E-state index in [9.17, 15) is 4.79 Å².